The summed E-state index contributed by atoms with van der Waals surface area (Å²) >= 11 is 0. The summed E-state index contributed by atoms with van der Waals surface area (Å²) in [5, 5.41) is 0. The molecule has 17 heavy (non-hydrogen) atoms. The SMILES string of the molecule is CCOc1ccc(C(N)CC(=O)NNC)cc1. The minimum Gasteiger partial charge on any atom is -0.494 e. The Balaban J connectivity index is 2.56. The van der Waals surface area contributed by atoms with Crippen molar-refractivity contribution in [1.29, 1.82) is 0 Å². The van der Waals surface area contributed by atoms with Crippen LogP contribution in [0.1, 0.15) is 24.9 Å². The van der Waals surface area contributed by atoms with Gasteiger partial charge in [0.1, 0.15) is 5.75 Å². The van der Waals surface area contributed by atoms with Gasteiger partial charge in [-0.1, -0.05) is 12.1 Å². The second-order valence-corrected chi connectivity index (χ2v) is 3.61. The zero-order valence-electron chi connectivity index (χ0n) is 10.2. The van der Waals surface area contributed by atoms with Crippen molar-refractivity contribution in [3.63, 3.8) is 0 Å². The van der Waals surface area contributed by atoms with E-state index in [0.29, 0.717) is 6.61 Å². The van der Waals surface area contributed by atoms with E-state index in [2.05, 4.69) is 10.9 Å². The Morgan fingerprint density at radius 2 is 2.06 bits per heavy atom. The number of carbonyl (C=O) groups excluding carboxylic acids is 1. The number of amides is 1. The lowest BCUT2D eigenvalue weighted by Crippen LogP contribution is -2.36. The van der Waals surface area contributed by atoms with Gasteiger partial charge in [0, 0.05) is 19.5 Å². The van der Waals surface area contributed by atoms with Gasteiger partial charge in [-0.25, -0.2) is 5.43 Å². The maximum atomic E-state index is 11.3. The molecule has 5 nitrogen and oxygen atoms in total. The Morgan fingerprint density at radius 3 is 2.59 bits per heavy atom. The van der Waals surface area contributed by atoms with Crippen LogP contribution in [0.5, 0.6) is 5.75 Å². The molecule has 0 aliphatic heterocycles. The number of nitrogens with two attached hydrogens (primary N) is 1. The van der Waals surface area contributed by atoms with Crippen LogP contribution in [0.4, 0.5) is 0 Å². The molecule has 0 radical (unpaired) electrons. The Labute approximate surface area is 101 Å². The molecule has 4 N–H and O–H groups in total. The first-order chi connectivity index (χ1) is 8.17. The number of benzene rings is 1. The van der Waals surface area contributed by atoms with Crippen molar-refractivity contribution in [2.45, 2.75) is 19.4 Å². The van der Waals surface area contributed by atoms with Crippen LogP contribution in [-0.4, -0.2) is 19.6 Å². The van der Waals surface area contributed by atoms with Gasteiger partial charge >= 0.3 is 0 Å². The van der Waals surface area contributed by atoms with Crippen LogP contribution in [0.3, 0.4) is 0 Å². The van der Waals surface area contributed by atoms with Crippen molar-refractivity contribution < 1.29 is 9.53 Å². The molecular weight excluding hydrogens is 218 g/mol. The van der Waals surface area contributed by atoms with Crippen LogP contribution in [-0.2, 0) is 4.79 Å². The molecule has 0 saturated heterocycles. The van der Waals surface area contributed by atoms with Crippen molar-refractivity contribution in [3.05, 3.63) is 29.8 Å². The fourth-order valence-electron chi connectivity index (χ4n) is 1.49. The third-order valence-electron chi connectivity index (χ3n) is 2.29. The predicted molar refractivity (Wildman–Crippen MR) is 66.4 cm³/mol. The Hall–Kier alpha value is -1.59. The first kappa shape index (κ1) is 13.5. The molecule has 0 saturated carbocycles. The van der Waals surface area contributed by atoms with Gasteiger partial charge < -0.3 is 10.5 Å². The van der Waals surface area contributed by atoms with E-state index in [9.17, 15) is 4.79 Å². The summed E-state index contributed by atoms with van der Waals surface area (Å²) in [6.07, 6.45) is 0.245. The molecule has 1 atom stereocenters. The highest BCUT2D eigenvalue weighted by atomic mass is 16.5. The van der Waals surface area contributed by atoms with Crippen LogP contribution >= 0.6 is 0 Å². The lowest BCUT2D eigenvalue weighted by atomic mass is 10.0. The molecule has 0 fully saturated rings. The van der Waals surface area contributed by atoms with Crippen molar-refractivity contribution >= 4 is 5.91 Å². The number of hydrogen-bond acceptors (Lipinski definition) is 4. The van der Waals surface area contributed by atoms with E-state index in [1.165, 1.54) is 0 Å². The lowest BCUT2D eigenvalue weighted by Gasteiger charge is -2.12. The zero-order valence-corrected chi connectivity index (χ0v) is 10.2. The standard InChI is InChI=1S/C12H19N3O2/c1-3-17-10-6-4-9(5-7-10)11(13)8-12(16)15-14-2/h4-7,11,14H,3,8,13H2,1-2H3,(H,15,16). The molecule has 94 valence electrons. The molecule has 1 aromatic carbocycles. The van der Waals surface area contributed by atoms with E-state index >= 15 is 0 Å². The summed E-state index contributed by atoms with van der Waals surface area (Å²) in [5.74, 6) is 0.678. The summed E-state index contributed by atoms with van der Waals surface area (Å²) < 4.78 is 5.33. The van der Waals surface area contributed by atoms with E-state index in [-0.39, 0.29) is 18.4 Å². The number of carbonyl (C=O) groups is 1. The number of ether oxygens (including phenoxy) is 1. The largest absolute Gasteiger partial charge is 0.494 e. The normalized spacial score (nSPS) is 11.9. The first-order valence-corrected chi connectivity index (χ1v) is 5.61. The minimum absolute atomic E-state index is 0.131. The van der Waals surface area contributed by atoms with Crippen molar-refractivity contribution in [2.75, 3.05) is 13.7 Å². The molecule has 0 spiro atoms. The van der Waals surface area contributed by atoms with Gasteiger partial charge in [0.15, 0.2) is 0 Å². The second-order valence-electron chi connectivity index (χ2n) is 3.61. The molecule has 1 rings (SSSR count). The topological polar surface area (TPSA) is 76.4 Å². The van der Waals surface area contributed by atoms with Crippen LogP contribution in [0, 0.1) is 0 Å². The van der Waals surface area contributed by atoms with Gasteiger partial charge in [0.2, 0.25) is 5.91 Å². The Kier molecular flexibility index (Phi) is 5.45. The fourth-order valence-corrected chi connectivity index (χ4v) is 1.49. The van der Waals surface area contributed by atoms with E-state index < -0.39 is 0 Å². The van der Waals surface area contributed by atoms with Crippen molar-refractivity contribution in [3.8, 4) is 5.75 Å². The quantitative estimate of drug-likeness (QED) is 0.637. The van der Waals surface area contributed by atoms with E-state index in [1.807, 2.05) is 31.2 Å². The maximum Gasteiger partial charge on any atom is 0.235 e. The minimum atomic E-state index is -0.306. The average molecular weight is 237 g/mol. The van der Waals surface area contributed by atoms with Crippen LogP contribution in [0.2, 0.25) is 0 Å². The summed E-state index contributed by atoms with van der Waals surface area (Å²) in [6.45, 7) is 2.57. The monoisotopic (exact) mass is 237 g/mol. The van der Waals surface area contributed by atoms with Gasteiger partial charge in [-0.3, -0.25) is 10.2 Å². The smallest absolute Gasteiger partial charge is 0.235 e. The van der Waals surface area contributed by atoms with E-state index in [0.717, 1.165) is 11.3 Å². The Bertz CT molecular complexity index is 351. The molecule has 0 bridgehead atoms. The van der Waals surface area contributed by atoms with Crippen LogP contribution < -0.4 is 21.3 Å². The molecule has 0 aromatic heterocycles. The molecule has 1 amide bonds. The molecule has 1 unspecified atom stereocenters. The van der Waals surface area contributed by atoms with Gasteiger partial charge in [-0.15, -0.1) is 0 Å². The molecule has 1 aromatic rings. The van der Waals surface area contributed by atoms with E-state index in [1.54, 1.807) is 7.05 Å². The zero-order chi connectivity index (χ0) is 12.7. The number of hydrogen-bond donors (Lipinski definition) is 3. The Morgan fingerprint density at radius 1 is 1.41 bits per heavy atom. The highest BCUT2D eigenvalue weighted by Gasteiger charge is 2.10. The lowest BCUT2D eigenvalue weighted by molar-refractivity contribution is -0.122. The van der Waals surface area contributed by atoms with Crippen LogP contribution in [0.25, 0.3) is 0 Å². The third-order valence-corrected chi connectivity index (χ3v) is 2.29. The summed E-state index contributed by atoms with van der Waals surface area (Å²) in [6, 6.07) is 7.16. The molecule has 0 heterocycles. The second kappa shape index (κ2) is 6.88. The summed E-state index contributed by atoms with van der Waals surface area (Å²) in [5.41, 5.74) is 11.9. The third kappa shape index (κ3) is 4.42. The summed E-state index contributed by atoms with van der Waals surface area (Å²) in [7, 11) is 1.64. The van der Waals surface area contributed by atoms with Crippen molar-refractivity contribution in [1.82, 2.24) is 10.9 Å². The highest BCUT2D eigenvalue weighted by Crippen LogP contribution is 2.18. The maximum absolute atomic E-state index is 11.3. The predicted octanol–water partition coefficient (Wildman–Crippen LogP) is 0.726. The van der Waals surface area contributed by atoms with Gasteiger partial charge in [0.25, 0.3) is 0 Å². The highest BCUT2D eigenvalue weighted by molar-refractivity contribution is 5.76. The fraction of sp³-hybridized carbons (Fsp3) is 0.417. The number of nitrogens with one attached hydrogen (secondary N) is 2. The molecule has 0 aliphatic carbocycles. The molecule has 5 heteroatoms. The van der Waals surface area contributed by atoms with Crippen molar-refractivity contribution in [2.24, 2.45) is 5.73 Å². The average Bonchev–Trinajstić information content (AvgIpc) is 2.30. The molecule has 0 aliphatic rings. The number of hydrazine groups is 1. The van der Waals surface area contributed by atoms with Crippen LogP contribution in [0.15, 0.2) is 24.3 Å². The van der Waals surface area contributed by atoms with Gasteiger partial charge in [-0.05, 0) is 24.6 Å². The van der Waals surface area contributed by atoms with E-state index in [4.69, 9.17) is 10.5 Å². The summed E-state index contributed by atoms with van der Waals surface area (Å²) in [4.78, 5) is 11.3. The van der Waals surface area contributed by atoms with Gasteiger partial charge in [-0.2, -0.15) is 0 Å². The van der Waals surface area contributed by atoms with Gasteiger partial charge in [0.05, 0.1) is 6.61 Å². The number of rotatable bonds is 6. The molecular formula is C12H19N3O2. The first-order valence-electron chi connectivity index (χ1n) is 5.61.